The minimum atomic E-state index is -0.489. The molecule has 3 heterocycles. The summed E-state index contributed by atoms with van der Waals surface area (Å²) in [5, 5.41) is 10.7. The van der Waals surface area contributed by atoms with Crippen molar-refractivity contribution in [1.82, 2.24) is 4.90 Å². The van der Waals surface area contributed by atoms with Crippen LogP contribution in [0, 0.1) is 5.92 Å². The largest absolute Gasteiger partial charge is 0.391 e. The first-order valence-electron chi connectivity index (χ1n) is 7.79. The van der Waals surface area contributed by atoms with Gasteiger partial charge < -0.3 is 14.6 Å². The van der Waals surface area contributed by atoms with Crippen molar-refractivity contribution < 1.29 is 14.6 Å². The Balaban J connectivity index is 1.70. The number of rotatable bonds is 3. The highest BCUT2D eigenvalue weighted by atomic mass is 16.8. The number of fused-ring (bicyclic) bond motifs is 3. The van der Waals surface area contributed by atoms with Crippen LogP contribution in [-0.4, -0.2) is 53.2 Å². The molecule has 3 aliphatic rings. The van der Waals surface area contributed by atoms with E-state index in [9.17, 15) is 5.11 Å². The van der Waals surface area contributed by atoms with Gasteiger partial charge in [0.15, 0.2) is 5.79 Å². The number of hydrogen-bond acceptors (Lipinski definition) is 4. The Labute approximate surface area is 116 Å². The molecule has 0 amide bonds. The maximum absolute atomic E-state index is 10.7. The monoisotopic (exact) mass is 269 g/mol. The fraction of sp³-hybridized carbons (Fsp3) is 1.00. The van der Waals surface area contributed by atoms with Crippen LogP contribution in [0.3, 0.4) is 0 Å². The summed E-state index contributed by atoms with van der Waals surface area (Å²) in [6.45, 7) is 8.15. The van der Waals surface area contributed by atoms with Crippen LogP contribution < -0.4 is 0 Å². The first kappa shape index (κ1) is 13.8. The van der Waals surface area contributed by atoms with Gasteiger partial charge in [-0.3, -0.25) is 4.90 Å². The van der Waals surface area contributed by atoms with Crippen LogP contribution in [0.5, 0.6) is 0 Å². The summed E-state index contributed by atoms with van der Waals surface area (Å²) in [6, 6.07) is 0.141. The number of unbranched alkanes of at least 4 members (excludes halogenated alkanes) is 1. The van der Waals surface area contributed by atoms with Crippen molar-refractivity contribution in [1.29, 1.82) is 0 Å². The predicted octanol–water partition coefficient (Wildman–Crippen LogP) is 1.76. The molecule has 3 fully saturated rings. The van der Waals surface area contributed by atoms with E-state index in [-0.39, 0.29) is 24.4 Å². The summed E-state index contributed by atoms with van der Waals surface area (Å²) >= 11 is 0. The molecule has 0 spiro atoms. The summed E-state index contributed by atoms with van der Waals surface area (Å²) in [5.74, 6) is -0.0513. The lowest BCUT2D eigenvalue weighted by atomic mass is 9.83. The highest BCUT2D eigenvalue weighted by Crippen LogP contribution is 2.42. The van der Waals surface area contributed by atoms with E-state index in [4.69, 9.17) is 9.47 Å². The van der Waals surface area contributed by atoms with E-state index in [1.807, 2.05) is 13.8 Å². The van der Waals surface area contributed by atoms with E-state index >= 15 is 0 Å². The van der Waals surface area contributed by atoms with Crippen LogP contribution >= 0.6 is 0 Å². The van der Waals surface area contributed by atoms with Gasteiger partial charge in [-0.15, -0.1) is 0 Å². The fourth-order valence-electron chi connectivity index (χ4n) is 4.07. The van der Waals surface area contributed by atoms with Crippen LogP contribution in [0.1, 0.15) is 46.5 Å². The Morgan fingerprint density at radius 3 is 2.84 bits per heavy atom. The smallest absolute Gasteiger partial charge is 0.163 e. The van der Waals surface area contributed by atoms with Gasteiger partial charge in [0.05, 0.1) is 12.1 Å². The second-order valence-electron chi connectivity index (χ2n) is 6.81. The Hall–Kier alpha value is -0.160. The quantitative estimate of drug-likeness (QED) is 0.848. The van der Waals surface area contributed by atoms with Crippen LogP contribution in [-0.2, 0) is 9.47 Å². The van der Waals surface area contributed by atoms with Gasteiger partial charge in [-0.05, 0) is 39.2 Å². The molecular weight excluding hydrogens is 242 g/mol. The molecule has 0 saturated carbocycles. The van der Waals surface area contributed by atoms with Gasteiger partial charge in [0, 0.05) is 6.54 Å². The van der Waals surface area contributed by atoms with Crippen LogP contribution in [0.15, 0.2) is 0 Å². The summed E-state index contributed by atoms with van der Waals surface area (Å²) in [4.78, 5) is 2.37. The van der Waals surface area contributed by atoms with Gasteiger partial charge in [0.2, 0.25) is 0 Å². The molecule has 5 atom stereocenters. The van der Waals surface area contributed by atoms with Crippen LogP contribution in [0.25, 0.3) is 0 Å². The standard InChI is InChI=1S/C15H27NO3/c1-4-5-6-10-7-8-16-9-11-14(12(16)13(10)17)19-15(2,3)18-11/h10-14,17H,4-9H2,1-3H3/t10-,11+,12+,13+,14+/m0/s1. The summed E-state index contributed by atoms with van der Waals surface area (Å²) in [7, 11) is 0. The first-order valence-corrected chi connectivity index (χ1v) is 7.79. The van der Waals surface area contributed by atoms with Crippen molar-refractivity contribution in [3.8, 4) is 0 Å². The van der Waals surface area contributed by atoms with E-state index < -0.39 is 5.79 Å². The molecule has 3 rings (SSSR count). The number of aliphatic hydroxyl groups is 1. The third-order valence-corrected chi connectivity index (χ3v) is 4.94. The van der Waals surface area contributed by atoms with Crippen molar-refractivity contribution >= 4 is 0 Å². The van der Waals surface area contributed by atoms with Crippen molar-refractivity contribution in [3.63, 3.8) is 0 Å². The molecular formula is C15H27NO3. The number of aliphatic hydroxyl groups excluding tert-OH is 1. The maximum Gasteiger partial charge on any atom is 0.163 e. The molecule has 110 valence electrons. The van der Waals surface area contributed by atoms with Gasteiger partial charge in [-0.2, -0.15) is 0 Å². The minimum Gasteiger partial charge on any atom is -0.391 e. The highest BCUT2D eigenvalue weighted by molar-refractivity contribution is 5.06. The molecule has 4 heteroatoms. The molecule has 0 aromatic carbocycles. The molecule has 0 aromatic rings. The molecule has 3 saturated heterocycles. The van der Waals surface area contributed by atoms with E-state index in [2.05, 4.69) is 11.8 Å². The van der Waals surface area contributed by atoms with E-state index in [0.29, 0.717) is 5.92 Å². The third-order valence-electron chi connectivity index (χ3n) is 4.94. The minimum absolute atomic E-state index is 0.0504. The van der Waals surface area contributed by atoms with Crippen molar-refractivity contribution in [2.45, 2.75) is 76.6 Å². The summed E-state index contributed by atoms with van der Waals surface area (Å²) < 4.78 is 12.0. The average molecular weight is 269 g/mol. The van der Waals surface area contributed by atoms with Crippen LogP contribution in [0.4, 0.5) is 0 Å². The second-order valence-corrected chi connectivity index (χ2v) is 6.81. The SMILES string of the molecule is CCCC[C@H]1CCN2C[C@H]3OC(C)(C)O[C@H]3[C@H]2[C@@H]1O. The maximum atomic E-state index is 10.7. The lowest BCUT2D eigenvalue weighted by molar-refractivity contribution is -0.173. The summed E-state index contributed by atoms with van der Waals surface area (Å²) in [6.07, 6.45) is 4.60. The lowest BCUT2D eigenvalue weighted by Crippen LogP contribution is -2.53. The predicted molar refractivity (Wildman–Crippen MR) is 72.8 cm³/mol. The third kappa shape index (κ3) is 2.44. The zero-order chi connectivity index (χ0) is 13.6. The molecule has 19 heavy (non-hydrogen) atoms. The Morgan fingerprint density at radius 1 is 1.32 bits per heavy atom. The van der Waals surface area contributed by atoms with Gasteiger partial charge in [-0.25, -0.2) is 0 Å². The fourth-order valence-corrected chi connectivity index (χ4v) is 4.07. The van der Waals surface area contributed by atoms with E-state index in [1.165, 1.54) is 12.8 Å². The van der Waals surface area contributed by atoms with Crippen LogP contribution in [0.2, 0.25) is 0 Å². The second kappa shape index (κ2) is 4.99. The molecule has 0 unspecified atom stereocenters. The average Bonchev–Trinajstić information content (AvgIpc) is 2.80. The van der Waals surface area contributed by atoms with Crippen molar-refractivity contribution in [2.75, 3.05) is 13.1 Å². The Kier molecular flexibility index (Phi) is 3.63. The molecule has 0 bridgehead atoms. The molecule has 1 N–H and O–H groups in total. The molecule has 0 aliphatic carbocycles. The van der Waals surface area contributed by atoms with Gasteiger partial charge >= 0.3 is 0 Å². The lowest BCUT2D eigenvalue weighted by Gasteiger charge is -2.41. The first-order chi connectivity index (χ1) is 9.02. The number of hydrogen-bond donors (Lipinski definition) is 1. The van der Waals surface area contributed by atoms with Gasteiger partial charge in [0.1, 0.15) is 12.2 Å². The van der Waals surface area contributed by atoms with E-state index in [0.717, 1.165) is 25.9 Å². The summed E-state index contributed by atoms with van der Waals surface area (Å²) in [5.41, 5.74) is 0. The van der Waals surface area contributed by atoms with Crippen molar-refractivity contribution in [2.24, 2.45) is 5.92 Å². The van der Waals surface area contributed by atoms with E-state index in [1.54, 1.807) is 0 Å². The number of ether oxygens (including phenoxy) is 2. The number of piperidine rings is 1. The molecule has 3 aliphatic heterocycles. The molecule has 4 nitrogen and oxygen atoms in total. The normalized spacial score (nSPS) is 45.2. The number of nitrogens with zero attached hydrogens (tertiary/aromatic N) is 1. The van der Waals surface area contributed by atoms with Crippen molar-refractivity contribution in [3.05, 3.63) is 0 Å². The van der Waals surface area contributed by atoms with Gasteiger partial charge in [-0.1, -0.05) is 19.8 Å². The van der Waals surface area contributed by atoms with Gasteiger partial charge in [0.25, 0.3) is 0 Å². The molecule has 0 aromatic heterocycles. The highest BCUT2D eigenvalue weighted by Gasteiger charge is 2.56. The Morgan fingerprint density at radius 2 is 2.11 bits per heavy atom. The Bertz CT molecular complexity index is 333. The topological polar surface area (TPSA) is 41.9 Å². The zero-order valence-electron chi connectivity index (χ0n) is 12.3. The molecule has 0 radical (unpaired) electrons. The zero-order valence-corrected chi connectivity index (χ0v) is 12.3.